The number of benzene rings is 3. The molecule has 0 saturated carbocycles. The van der Waals surface area contributed by atoms with Crippen molar-refractivity contribution in [3.63, 3.8) is 0 Å². The van der Waals surface area contributed by atoms with Gasteiger partial charge in [0.05, 0.1) is 22.9 Å². The van der Waals surface area contributed by atoms with Crippen molar-refractivity contribution in [2.75, 3.05) is 17.2 Å². The van der Waals surface area contributed by atoms with E-state index in [0.29, 0.717) is 18.0 Å². The topological polar surface area (TPSA) is 67.4 Å². The molecule has 2 amide bonds. The molecular weight excluding hydrogens is 423 g/mol. The van der Waals surface area contributed by atoms with Crippen LogP contribution in [0.5, 0.6) is 5.75 Å². The van der Waals surface area contributed by atoms with Gasteiger partial charge in [-0.05, 0) is 29.8 Å². The highest BCUT2D eigenvalue weighted by Crippen LogP contribution is 2.31. The lowest BCUT2D eigenvalue weighted by Crippen LogP contribution is -2.17. The van der Waals surface area contributed by atoms with Crippen molar-refractivity contribution in [2.24, 2.45) is 0 Å². The van der Waals surface area contributed by atoms with Crippen molar-refractivity contribution in [3.8, 4) is 5.75 Å². The lowest BCUT2D eigenvalue weighted by molar-refractivity contribution is -0.114. The average molecular weight is 443 g/mol. The fourth-order valence-corrected chi connectivity index (χ4v) is 3.39. The number of amides is 2. The molecule has 0 spiro atoms. The Morgan fingerprint density at radius 1 is 0.933 bits per heavy atom. The van der Waals surface area contributed by atoms with Gasteiger partial charge < -0.3 is 15.4 Å². The van der Waals surface area contributed by atoms with Gasteiger partial charge in [0.25, 0.3) is 5.91 Å². The van der Waals surface area contributed by atoms with Crippen LogP contribution in [0.25, 0.3) is 0 Å². The van der Waals surface area contributed by atoms with Crippen molar-refractivity contribution in [1.29, 1.82) is 0 Å². The highest BCUT2D eigenvalue weighted by molar-refractivity contribution is 6.38. The number of nitrogens with one attached hydrogen (secondary N) is 2. The molecule has 3 aromatic carbocycles. The monoisotopic (exact) mass is 442 g/mol. The molecule has 0 radical (unpaired) electrons. The second kappa shape index (κ2) is 10.1. The fraction of sp³-hybridized carbons (Fsp3) is 0.130. The number of rotatable bonds is 7. The number of halogens is 2. The molecule has 0 heterocycles. The van der Waals surface area contributed by atoms with Gasteiger partial charge in [0.1, 0.15) is 5.75 Å². The van der Waals surface area contributed by atoms with Crippen molar-refractivity contribution in [3.05, 3.63) is 87.9 Å². The van der Waals surface area contributed by atoms with E-state index >= 15 is 0 Å². The second-order valence-electron chi connectivity index (χ2n) is 6.56. The summed E-state index contributed by atoms with van der Waals surface area (Å²) in [4.78, 5) is 24.3. The smallest absolute Gasteiger partial charge is 0.257 e. The molecule has 0 unspecified atom stereocenters. The molecule has 0 aliphatic heterocycles. The molecule has 0 aromatic heterocycles. The lowest BCUT2D eigenvalue weighted by Gasteiger charge is -2.14. The van der Waals surface area contributed by atoms with Gasteiger partial charge in [-0.15, -0.1) is 0 Å². The van der Waals surface area contributed by atoms with Crippen LogP contribution in [0, 0.1) is 0 Å². The maximum atomic E-state index is 12.8. The number of hydrogen-bond donors (Lipinski definition) is 2. The first-order valence-electron chi connectivity index (χ1n) is 9.27. The average Bonchev–Trinajstić information content (AvgIpc) is 2.70. The van der Waals surface area contributed by atoms with Crippen LogP contribution in [-0.4, -0.2) is 18.4 Å². The van der Waals surface area contributed by atoms with Crippen LogP contribution in [0.3, 0.4) is 0 Å². The zero-order chi connectivity index (χ0) is 21.5. The van der Waals surface area contributed by atoms with E-state index in [2.05, 4.69) is 10.6 Å². The third-order valence-corrected chi connectivity index (χ3v) is 4.71. The Labute approximate surface area is 185 Å². The largest absolute Gasteiger partial charge is 0.493 e. The van der Waals surface area contributed by atoms with E-state index in [0.717, 1.165) is 6.42 Å². The van der Waals surface area contributed by atoms with Crippen molar-refractivity contribution in [1.82, 2.24) is 0 Å². The number of anilines is 2. The molecule has 5 nitrogen and oxygen atoms in total. The minimum absolute atomic E-state index is 0.165. The fourth-order valence-electron chi connectivity index (χ4n) is 2.85. The molecule has 0 atom stereocenters. The van der Waals surface area contributed by atoms with E-state index in [-0.39, 0.29) is 27.2 Å². The van der Waals surface area contributed by atoms with Gasteiger partial charge in [0.2, 0.25) is 5.91 Å². The van der Waals surface area contributed by atoms with Crippen LogP contribution in [0.1, 0.15) is 22.8 Å². The van der Waals surface area contributed by atoms with Gasteiger partial charge in [-0.3, -0.25) is 9.59 Å². The van der Waals surface area contributed by atoms with E-state index < -0.39 is 5.91 Å². The molecule has 30 heavy (non-hydrogen) atoms. The molecule has 2 N–H and O–H groups in total. The predicted octanol–water partition coefficient (Wildman–Crippen LogP) is 5.83. The highest BCUT2D eigenvalue weighted by Gasteiger charge is 2.17. The predicted molar refractivity (Wildman–Crippen MR) is 121 cm³/mol. The summed E-state index contributed by atoms with van der Waals surface area (Å²) in [5, 5.41) is 5.83. The summed E-state index contributed by atoms with van der Waals surface area (Å²) in [6.07, 6.45) is 0.776. The maximum absolute atomic E-state index is 12.8. The lowest BCUT2D eigenvalue weighted by atomic mass is 10.1. The number of carbonyl (C=O) groups excluding carboxylic acids is 2. The van der Waals surface area contributed by atoms with E-state index in [9.17, 15) is 9.59 Å². The van der Waals surface area contributed by atoms with Crippen molar-refractivity contribution >= 4 is 46.4 Å². The minimum atomic E-state index is -0.454. The zero-order valence-corrected chi connectivity index (χ0v) is 17.8. The number of hydrogen-bond acceptors (Lipinski definition) is 3. The summed E-state index contributed by atoms with van der Waals surface area (Å²) in [5.74, 6) is -0.165. The Bertz CT molecular complexity index is 1060. The number of carbonyl (C=O) groups is 2. The molecule has 0 saturated heterocycles. The standard InChI is InChI=1S/C23H20Cl2N2O3/c1-15(28)26-22-20(12-17(24)13-21(22)25)23(29)27-18-8-5-9-19(14-18)30-11-10-16-6-3-2-4-7-16/h2-9,12-14H,10-11H2,1H3,(H,26,28)(H,27,29). The van der Waals surface area contributed by atoms with Crippen LogP contribution in [-0.2, 0) is 11.2 Å². The zero-order valence-electron chi connectivity index (χ0n) is 16.2. The molecule has 0 bridgehead atoms. The molecule has 3 aromatic rings. The second-order valence-corrected chi connectivity index (χ2v) is 7.40. The first-order chi connectivity index (χ1) is 14.4. The van der Waals surface area contributed by atoms with Gasteiger partial charge in [0, 0.05) is 30.1 Å². The van der Waals surface area contributed by atoms with Crippen LogP contribution >= 0.6 is 23.2 Å². The van der Waals surface area contributed by atoms with E-state index in [4.69, 9.17) is 27.9 Å². The van der Waals surface area contributed by atoms with Gasteiger partial charge in [-0.25, -0.2) is 0 Å². The third-order valence-electron chi connectivity index (χ3n) is 4.19. The van der Waals surface area contributed by atoms with E-state index in [1.54, 1.807) is 18.2 Å². The number of ether oxygens (including phenoxy) is 1. The molecular formula is C23H20Cl2N2O3. The Morgan fingerprint density at radius 2 is 1.70 bits per heavy atom. The maximum Gasteiger partial charge on any atom is 0.257 e. The van der Waals surface area contributed by atoms with E-state index in [1.807, 2.05) is 36.4 Å². The molecule has 0 fully saturated rings. The summed E-state index contributed by atoms with van der Waals surface area (Å²) >= 11 is 12.2. The first kappa shape index (κ1) is 21.7. The summed E-state index contributed by atoms with van der Waals surface area (Å²) in [6.45, 7) is 1.85. The van der Waals surface area contributed by atoms with Crippen molar-refractivity contribution in [2.45, 2.75) is 13.3 Å². The molecule has 3 rings (SSSR count). The van der Waals surface area contributed by atoms with E-state index in [1.165, 1.54) is 24.6 Å². The van der Waals surface area contributed by atoms with Gasteiger partial charge >= 0.3 is 0 Å². The summed E-state index contributed by atoms with van der Waals surface area (Å²) in [6, 6.07) is 20.0. The quantitative estimate of drug-likeness (QED) is 0.483. The molecule has 0 aliphatic carbocycles. The Morgan fingerprint density at radius 3 is 2.43 bits per heavy atom. The third kappa shape index (κ3) is 5.99. The van der Waals surface area contributed by atoms with Crippen LogP contribution < -0.4 is 15.4 Å². The van der Waals surface area contributed by atoms with Gasteiger partial charge in [0.15, 0.2) is 0 Å². The first-order valence-corrected chi connectivity index (χ1v) is 10.0. The van der Waals surface area contributed by atoms with Gasteiger partial charge in [-0.2, -0.15) is 0 Å². The minimum Gasteiger partial charge on any atom is -0.493 e. The Kier molecular flexibility index (Phi) is 7.33. The highest BCUT2D eigenvalue weighted by atomic mass is 35.5. The SMILES string of the molecule is CC(=O)Nc1c(Cl)cc(Cl)cc1C(=O)Nc1cccc(OCCc2ccccc2)c1. The summed E-state index contributed by atoms with van der Waals surface area (Å²) in [7, 11) is 0. The Balaban J connectivity index is 1.70. The van der Waals surface area contributed by atoms with Crippen LogP contribution in [0.4, 0.5) is 11.4 Å². The molecule has 154 valence electrons. The summed E-state index contributed by atoms with van der Waals surface area (Å²) < 4.78 is 5.80. The normalized spacial score (nSPS) is 10.4. The molecule has 0 aliphatic rings. The van der Waals surface area contributed by atoms with Crippen LogP contribution in [0.15, 0.2) is 66.7 Å². The Hall–Kier alpha value is -3.02. The van der Waals surface area contributed by atoms with Crippen LogP contribution in [0.2, 0.25) is 10.0 Å². The van der Waals surface area contributed by atoms with Crippen molar-refractivity contribution < 1.29 is 14.3 Å². The molecule has 7 heteroatoms. The van der Waals surface area contributed by atoms with Gasteiger partial charge in [-0.1, -0.05) is 59.6 Å². The summed E-state index contributed by atoms with van der Waals surface area (Å²) in [5.41, 5.74) is 2.10.